The quantitative estimate of drug-likeness (QED) is 0.181. The van der Waals surface area contributed by atoms with Gasteiger partial charge in [0, 0.05) is 68.5 Å². The molecule has 7 aromatic carbocycles. The first-order chi connectivity index (χ1) is 26.8. The Bertz CT molecular complexity index is 3300. The lowest BCUT2D eigenvalue weighted by Crippen LogP contribution is -2.05. The Labute approximate surface area is 317 Å². The Hall–Kier alpha value is -6.54. The first-order valence-electron chi connectivity index (χ1n) is 18.0. The maximum absolute atomic E-state index is 5.20. The van der Waals surface area contributed by atoms with Crippen molar-refractivity contribution < 1.29 is 0 Å². The molecular formula is C47H27N5S2. The van der Waals surface area contributed by atoms with Gasteiger partial charge in [-0.3, -0.25) is 9.13 Å². The lowest BCUT2D eigenvalue weighted by atomic mass is 10.1. The highest BCUT2D eigenvalue weighted by Gasteiger charge is 2.27. The van der Waals surface area contributed by atoms with Crippen molar-refractivity contribution in [2.45, 2.75) is 9.79 Å². The van der Waals surface area contributed by atoms with Crippen molar-refractivity contribution in [1.82, 2.24) is 24.1 Å². The van der Waals surface area contributed by atoms with Gasteiger partial charge in [-0.1, -0.05) is 115 Å². The Kier molecular flexibility index (Phi) is 6.37. The highest BCUT2D eigenvalue weighted by molar-refractivity contribution is 7.99. The van der Waals surface area contributed by atoms with Crippen molar-refractivity contribution in [1.29, 1.82) is 0 Å². The Balaban J connectivity index is 1.07. The molecule has 0 fully saturated rings. The van der Waals surface area contributed by atoms with Gasteiger partial charge in [0.05, 0.1) is 16.7 Å². The van der Waals surface area contributed by atoms with Crippen molar-refractivity contribution in [3.63, 3.8) is 0 Å². The molecule has 0 aliphatic carbocycles. The van der Waals surface area contributed by atoms with Crippen LogP contribution in [0.15, 0.2) is 174 Å². The predicted molar refractivity (Wildman–Crippen MR) is 224 cm³/mol. The fourth-order valence-corrected chi connectivity index (χ4v) is 10.5. The van der Waals surface area contributed by atoms with Gasteiger partial charge in [0.1, 0.15) is 5.65 Å². The number of benzene rings is 7. The van der Waals surface area contributed by atoms with E-state index in [-0.39, 0.29) is 0 Å². The zero-order valence-corrected chi connectivity index (χ0v) is 30.3. The summed E-state index contributed by atoms with van der Waals surface area (Å²) in [7, 11) is 0. The molecule has 5 heterocycles. The minimum atomic E-state index is 0.642. The zero-order chi connectivity index (χ0) is 35.3. The molecule has 0 bridgehead atoms. The Morgan fingerprint density at radius 2 is 1.07 bits per heavy atom. The van der Waals surface area contributed by atoms with Crippen LogP contribution in [0.4, 0.5) is 0 Å². The van der Waals surface area contributed by atoms with E-state index in [1.54, 1.807) is 11.3 Å². The molecule has 0 N–H and O–H groups in total. The summed E-state index contributed by atoms with van der Waals surface area (Å²) < 4.78 is 7.36. The number of hydrogen-bond acceptors (Lipinski definition) is 5. The summed E-state index contributed by atoms with van der Waals surface area (Å²) >= 11 is 3.65. The molecule has 0 amide bonds. The van der Waals surface area contributed by atoms with Crippen LogP contribution in [0.25, 0.3) is 98.5 Å². The number of hydrogen-bond donors (Lipinski definition) is 0. The van der Waals surface area contributed by atoms with Gasteiger partial charge in [-0.15, -0.1) is 11.3 Å². The van der Waals surface area contributed by atoms with Gasteiger partial charge in [-0.25, -0.2) is 15.0 Å². The van der Waals surface area contributed by atoms with Crippen LogP contribution >= 0.6 is 23.1 Å². The predicted octanol–water partition coefficient (Wildman–Crippen LogP) is 12.7. The largest absolute Gasteiger partial charge is 0.295 e. The summed E-state index contributed by atoms with van der Waals surface area (Å²) in [6.45, 7) is 0. The molecule has 0 spiro atoms. The van der Waals surface area contributed by atoms with E-state index >= 15 is 0 Å². The molecule has 1 aliphatic rings. The van der Waals surface area contributed by atoms with E-state index in [4.69, 9.17) is 15.0 Å². The molecule has 4 aromatic heterocycles. The summed E-state index contributed by atoms with van der Waals surface area (Å²) in [5.41, 5.74) is 8.79. The monoisotopic (exact) mass is 725 g/mol. The molecule has 0 saturated heterocycles. The van der Waals surface area contributed by atoms with E-state index in [9.17, 15) is 0 Å². The summed E-state index contributed by atoms with van der Waals surface area (Å²) in [5.74, 6) is 1.96. The van der Waals surface area contributed by atoms with Crippen molar-refractivity contribution >= 4 is 76.1 Å². The molecule has 1 aliphatic heterocycles. The highest BCUT2D eigenvalue weighted by atomic mass is 32.2. The van der Waals surface area contributed by atoms with Gasteiger partial charge in [0.15, 0.2) is 17.5 Å². The third-order valence-corrected chi connectivity index (χ3v) is 12.8. The lowest BCUT2D eigenvalue weighted by Gasteiger charge is -2.21. The first-order valence-corrected chi connectivity index (χ1v) is 19.6. The fraction of sp³-hybridized carbons (Fsp3) is 0. The van der Waals surface area contributed by atoms with E-state index in [1.165, 1.54) is 68.5 Å². The standard InChI is InChI=1S/C47H27N5S2/c1-2-12-28(13-3-1)44-48-45(50-46(49-44)34-17-11-22-39-41(34)32-15-5-8-20-37(32)53-39)29-24-26-30(27-25-29)51-35-18-6-4-14-31(35)42-33-16-10-23-40-43(33)52(47(42)51)36-19-7-9-21-38(36)54-40/h1-27H. The molecule has 7 heteroatoms. The molecule has 0 radical (unpaired) electrons. The average Bonchev–Trinajstić information content (AvgIpc) is 3.90. The molecule has 12 rings (SSSR count). The van der Waals surface area contributed by atoms with Gasteiger partial charge >= 0.3 is 0 Å². The summed E-state index contributed by atoms with van der Waals surface area (Å²) in [4.78, 5) is 17.9. The van der Waals surface area contributed by atoms with Gasteiger partial charge in [-0.2, -0.15) is 0 Å². The second kappa shape index (κ2) is 11.5. The van der Waals surface area contributed by atoms with Crippen molar-refractivity contribution in [3.8, 4) is 45.5 Å². The average molecular weight is 726 g/mol. The molecule has 5 nitrogen and oxygen atoms in total. The van der Waals surface area contributed by atoms with Crippen LogP contribution in [0.2, 0.25) is 0 Å². The third kappa shape index (κ3) is 4.31. The van der Waals surface area contributed by atoms with Gasteiger partial charge in [0.25, 0.3) is 0 Å². The first kappa shape index (κ1) is 30.0. The Morgan fingerprint density at radius 1 is 0.426 bits per heavy atom. The molecule has 252 valence electrons. The summed E-state index contributed by atoms with van der Waals surface area (Å²) in [6, 6.07) is 58.1. The molecule has 11 aromatic rings. The SMILES string of the molecule is c1ccc(-c2nc(-c3ccc(-n4c5ccccc5c5c6cccc7c6n(c54)-c4ccccc4S7)cc3)nc(-c3cccc4sc5ccccc5c34)n2)cc1. The number of aromatic nitrogens is 5. The van der Waals surface area contributed by atoms with Gasteiger partial charge in [0.2, 0.25) is 0 Å². The maximum atomic E-state index is 5.20. The minimum absolute atomic E-state index is 0.642. The normalized spacial score (nSPS) is 12.4. The minimum Gasteiger partial charge on any atom is -0.295 e. The third-order valence-electron chi connectivity index (χ3n) is 10.6. The maximum Gasteiger partial charge on any atom is 0.164 e. The van der Waals surface area contributed by atoms with Crippen LogP contribution in [0, 0.1) is 0 Å². The van der Waals surface area contributed by atoms with Gasteiger partial charge in [-0.05, 0) is 60.7 Å². The van der Waals surface area contributed by atoms with Gasteiger partial charge < -0.3 is 0 Å². The molecule has 0 saturated carbocycles. The summed E-state index contributed by atoms with van der Waals surface area (Å²) in [6.07, 6.45) is 0. The molecule has 0 unspecified atom stereocenters. The fourth-order valence-electron chi connectivity index (χ4n) is 8.25. The van der Waals surface area contributed by atoms with E-state index < -0.39 is 0 Å². The number of para-hydroxylation sites is 3. The van der Waals surface area contributed by atoms with E-state index in [2.05, 4.69) is 155 Å². The smallest absolute Gasteiger partial charge is 0.164 e. The van der Waals surface area contributed by atoms with Crippen LogP contribution in [-0.2, 0) is 0 Å². The number of nitrogens with zero attached hydrogens (tertiary/aromatic N) is 5. The molecular weight excluding hydrogens is 699 g/mol. The van der Waals surface area contributed by atoms with Crippen LogP contribution in [0.5, 0.6) is 0 Å². The van der Waals surface area contributed by atoms with Crippen molar-refractivity contribution in [2.24, 2.45) is 0 Å². The van der Waals surface area contributed by atoms with E-state index in [0.29, 0.717) is 17.5 Å². The van der Waals surface area contributed by atoms with Crippen molar-refractivity contribution in [3.05, 3.63) is 164 Å². The second-order valence-electron chi connectivity index (χ2n) is 13.6. The van der Waals surface area contributed by atoms with Crippen LogP contribution in [0.3, 0.4) is 0 Å². The van der Waals surface area contributed by atoms with Crippen LogP contribution in [-0.4, -0.2) is 24.1 Å². The van der Waals surface area contributed by atoms with E-state index in [0.717, 1.165) is 22.4 Å². The highest BCUT2D eigenvalue weighted by Crippen LogP contribution is 2.49. The zero-order valence-electron chi connectivity index (χ0n) is 28.6. The summed E-state index contributed by atoms with van der Waals surface area (Å²) in [5, 5.41) is 6.19. The number of rotatable bonds is 4. The Morgan fingerprint density at radius 3 is 1.94 bits per heavy atom. The lowest BCUT2D eigenvalue weighted by molar-refractivity contribution is 1.03. The van der Waals surface area contributed by atoms with Crippen molar-refractivity contribution in [2.75, 3.05) is 0 Å². The topological polar surface area (TPSA) is 48.5 Å². The molecule has 54 heavy (non-hydrogen) atoms. The van der Waals surface area contributed by atoms with Crippen LogP contribution < -0.4 is 0 Å². The van der Waals surface area contributed by atoms with E-state index in [1.807, 2.05) is 30.0 Å². The van der Waals surface area contributed by atoms with Crippen LogP contribution in [0.1, 0.15) is 0 Å². The number of fused-ring (bicyclic) bond motifs is 10. The molecule has 0 atom stereocenters. The second-order valence-corrected chi connectivity index (χ2v) is 15.8. The number of thiophene rings is 1.